The molecule has 4 rings (SSSR count). The predicted molar refractivity (Wildman–Crippen MR) is 122 cm³/mol. The van der Waals surface area contributed by atoms with Crippen LogP contribution in [0.1, 0.15) is 10.4 Å². The standard InChI is InChI=1S/C22H18N4O3S2/c1-29-21(28)16-10-5-6-11-17(16)23-19(27)14-31-22-25-24-20(18-12-7-13-30-18)26(22)15-8-3-2-4-9-15/h2-13H,14H2,1H3,(H,23,27). The number of anilines is 1. The Bertz CT molecular complexity index is 1190. The van der Waals surface area contributed by atoms with E-state index in [2.05, 4.69) is 15.5 Å². The van der Waals surface area contributed by atoms with E-state index in [4.69, 9.17) is 4.74 Å². The molecule has 2 heterocycles. The van der Waals surface area contributed by atoms with Crippen molar-refractivity contribution >= 4 is 40.7 Å². The number of amides is 1. The lowest BCUT2D eigenvalue weighted by Gasteiger charge is -2.11. The molecule has 0 aliphatic rings. The molecule has 0 aliphatic carbocycles. The second kappa shape index (κ2) is 9.59. The number of aromatic nitrogens is 3. The highest BCUT2D eigenvalue weighted by molar-refractivity contribution is 7.99. The lowest BCUT2D eigenvalue weighted by molar-refractivity contribution is -0.113. The maximum Gasteiger partial charge on any atom is 0.339 e. The van der Waals surface area contributed by atoms with Gasteiger partial charge in [-0.05, 0) is 35.7 Å². The number of esters is 1. The van der Waals surface area contributed by atoms with Crippen LogP contribution in [-0.4, -0.2) is 39.5 Å². The van der Waals surface area contributed by atoms with E-state index in [0.29, 0.717) is 16.4 Å². The van der Waals surface area contributed by atoms with Crippen LogP contribution in [-0.2, 0) is 9.53 Å². The van der Waals surface area contributed by atoms with Crippen molar-refractivity contribution in [2.24, 2.45) is 0 Å². The normalized spacial score (nSPS) is 10.6. The van der Waals surface area contributed by atoms with Crippen LogP contribution in [0.3, 0.4) is 0 Å². The van der Waals surface area contributed by atoms with Gasteiger partial charge in [0.05, 0.1) is 29.0 Å². The molecule has 0 unspecified atom stereocenters. The van der Waals surface area contributed by atoms with Gasteiger partial charge in [-0.15, -0.1) is 21.5 Å². The Labute approximate surface area is 187 Å². The van der Waals surface area contributed by atoms with E-state index in [1.165, 1.54) is 18.9 Å². The van der Waals surface area contributed by atoms with Gasteiger partial charge in [-0.25, -0.2) is 4.79 Å². The molecule has 0 atom stereocenters. The molecular formula is C22H18N4O3S2. The number of methoxy groups -OCH3 is 1. The number of ether oxygens (including phenoxy) is 1. The Morgan fingerprint density at radius 2 is 1.81 bits per heavy atom. The highest BCUT2D eigenvalue weighted by Crippen LogP contribution is 2.30. The molecule has 1 N–H and O–H groups in total. The van der Waals surface area contributed by atoms with E-state index in [-0.39, 0.29) is 11.7 Å². The molecule has 0 fully saturated rings. The summed E-state index contributed by atoms with van der Waals surface area (Å²) in [5.41, 5.74) is 1.62. The van der Waals surface area contributed by atoms with Gasteiger partial charge in [-0.1, -0.05) is 48.2 Å². The number of carbonyl (C=O) groups excluding carboxylic acids is 2. The topological polar surface area (TPSA) is 86.1 Å². The lowest BCUT2D eigenvalue weighted by Crippen LogP contribution is -2.17. The number of carbonyl (C=O) groups is 2. The van der Waals surface area contributed by atoms with Crippen LogP contribution < -0.4 is 5.32 Å². The molecule has 2 aromatic carbocycles. The van der Waals surface area contributed by atoms with Crippen molar-refractivity contribution in [1.82, 2.24) is 14.8 Å². The van der Waals surface area contributed by atoms with Gasteiger partial charge in [0.15, 0.2) is 11.0 Å². The fourth-order valence-corrected chi connectivity index (χ4v) is 4.39. The summed E-state index contributed by atoms with van der Waals surface area (Å²) in [5.74, 6) is 0.0556. The SMILES string of the molecule is COC(=O)c1ccccc1NC(=O)CSc1nnc(-c2cccs2)n1-c1ccccc1. The Kier molecular flexibility index (Phi) is 6.44. The summed E-state index contributed by atoms with van der Waals surface area (Å²) in [7, 11) is 1.30. The van der Waals surface area contributed by atoms with Gasteiger partial charge in [0.2, 0.25) is 5.91 Å². The van der Waals surface area contributed by atoms with E-state index in [1.807, 2.05) is 52.4 Å². The molecule has 9 heteroatoms. The second-order valence-corrected chi connectivity index (χ2v) is 8.22. The monoisotopic (exact) mass is 450 g/mol. The molecule has 2 aromatic heterocycles. The lowest BCUT2D eigenvalue weighted by atomic mass is 10.2. The van der Waals surface area contributed by atoms with Gasteiger partial charge < -0.3 is 10.1 Å². The first kappa shape index (κ1) is 20.8. The minimum absolute atomic E-state index is 0.102. The minimum atomic E-state index is -0.507. The summed E-state index contributed by atoms with van der Waals surface area (Å²) in [5, 5.41) is 14.0. The van der Waals surface area contributed by atoms with Crippen molar-refractivity contribution < 1.29 is 14.3 Å². The van der Waals surface area contributed by atoms with Gasteiger partial charge in [0, 0.05) is 5.69 Å². The van der Waals surface area contributed by atoms with E-state index >= 15 is 0 Å². The molecule has 156 valence electrons. The second-order valence-electron chi connectivity index (χ2n) is 6.33. The number of thioether (sulfide) groups is 1. The van der Waals surface area contributed by atoms with Crippen LogP contribution in [0.4, 0.5) is 5.69 Å². The molecule has 0 radical (unpaired) electrons. The van der Waals surface area contributed by atoms with E-state index < -0.39 is 5.97 Å². The first-order valence-electron chi connectivity index (χ1n) is 9.32. The fraction of sp³-hybridized carbons (Fsp3) is 0.0909. The Morgan fingerprint density at radius 1 is 1.03 bits per heavy atom. The number of para-hydroxylation sites is 2. The van der Waals surface area contributed by atoms with Crippen molar-refractivity contribution in [2.75, 3.05) is 18.2 Å². The molecule has 0 spiro atoms. The maximum atomic E-state index is 12.6. The first-order valence-corrected chi connectivity index (χ1v) is 11.2. The van der Waals surface area contributed by atoms with Crippen LogP contribution in [0.2, 0.25) is 0 Å². The molecule has 0 aliphatic heterocycles. The average molecular weight is 451 g/mol. The van der Waals surface area contributed by atoms with Crippen molar-refractivity contribution in [3.63, 3.8) is 0 Å². The minimum Gasteiger partial charge on any atom is -0.465 e. The number of nitrogens with one attached hydrogen (secondary N) is 1. The van der Waals surface area contributed by atoms with E-state index in [0.717, 1.165) is 16.4 Å². The van der Waals surface area contributed by atoms with Crippen molar-refractivity contribution in [3.05, 3.63) is 77.7 Å². The molecule has 31 heavy (non-hydrogen) atoms. The average Bonchev–Trinajstić information content (AvgIpc) is 3.48. The third-order valence-corrected chi connectivity index (χ3v) is 6.12. The largest absolute Gasteiger partial charge is 0.465 e. The Hall–Kier alpha value is -3.43. The van der Waals surface area contributed by atoms with Crippen LogP contribution >= 0.6 is 23.1 Å². The highest BCUT2D eigenvalue weighted by atomic mass is 32.2. The van der Waals surface area contributed by atoms with E-state index in [1.54, 1.807) is 35.6 Å². The number of hydrogen-bond acceptors (Lipinski definition) is 7. The fourth-order valence-electron chi connectivity index (χ4n) is 2.94. The summed E-state index contributed by atoms with van der Waals surface area (Å²) < 4.78 is 6.71. The zero-order chi connectivity index (χ0) is 21.6. The van der Waals surface area contributed by atoms with E-state index in [9.17, 15) is 9.59 Å². The van der Waals surface area contributed by atoms with Crippen molar-refractivity contribution in [2.45, 2.75) is 5.16 Å². The molecule has 1 amide bonds. The summed E-state index contributed by atoms with van der Waals surface area (Å²) in [6.07, 6.45) is 0. The molecule has 0 saturated carbocycles. The quantitative estimate of drug-likeness (QED) is 0.329. The van der Waals surface area contributed by atoms with Crippen LogP contribution in [0.5, 0.6) is 0 Å². The maximum absolute atomic E-state index is 12.6. The van der Waals surface area contributed by atoms with Crippen LogP contribution in [0.15, 0.2) is 77.3 Å². The highest BCUT2D eigenvalue weighted by Gasteiger charge is 2.19. The Morgan fingerprint density at radius 3 is 2.55 bits per heavy atom. The van der Waals surface area contributed by atoms with Gasteiger partial charge in [0.25, 0.3) is 0 Å². The van der Waals surface area contributed by atoms with Crippen LogP contribution in [0.25, 0.3) is 16.4 Å². The zero-order valence-corrected chi connectivity index (χ0v) is 18.2. The predicted octanol–water partition coefficient (Wildman–Crippen LogP) is 4.51. The van der Waals surface area contributed by atoms with Crippen LogP contribution in [0, 0.1) is 0 Å². The summed E-state index contributed by atoms with van der Waals surface area (Å²) in [4.78, 5) is 25.5. The third-order valence-electron chi connectivity index (χ3n) is 4.33. The van der Waals surface area contributed by atoms with Crippen molar-refractivity contribution in [1.29, 1.82) is 0 Å². The summed E-state index contributed by atoms with van der Waals surface area (Å²) in [6.45, 7) is 0. The Balaban J connectivity index is 1.54. The molecule has 7 nitrogen and oxygen atoms in total. The van der Waals surface area contributed by atoms with Gasteiger partial charge in [-0.3, -0.25) is 9.36 Å². The summed E-state index contributed by atoms with van der Waals surface area (Å²) in [6, 6.07) is 20.4. The van der Waals surface area contributed by atoms with Gasteiger partial charge in [-0.2, -0.15) is 0 Å². The van der Waals surface area contributed by atoms with Gasteiger partial charge in [0.1, 0.15) is 0 Å². The van der Waals surface area contributed by atoms with Gasteiger partial charge >= 0.3 is 5.97 Å². The third kappa shape index (κ3) is 4.68. The molecule has 0 bridgehead atoms. The number of rotatable bonds is 7. The number of hydrogen-bond donors (Lipinski definition) is 1. The number of thiophene rings is 1. The van der Waals surface area contributed by atoms with Crippen molar-refractivity contribution in [3.8, 4) is 16.4 Å². The number of benzene rings is 2. The smallest absolute Gasteiger partial charge is 0.339 e. The molecular weight excluding hydrogens is 432 g/mol. The number of nitrogens with zero attached hydrogens (tertiary/aromatic N) is 3. The molecule has 4 aromatic rings. The first-order chi connectivity index (χ1) is 15.2. The molecule has 0 saturated heterocycles. The zero-order valence-electron chi connectivity index (χ0n) is 16.5. The summed E-state index contributed by atoms with van der Waals surface area (Å²) >= 11 is 2.85.